The molecule has 19 heavy (non-hydrogen) atoms. The molecule has 1 aromatic heterocycles. The van der Waals surface area contributed by atoms with Crippen molar-refractivity contribution in [3.05, 3.63) is 45.9 Å². The van der Waals surface area contributed by atoms with Gasteiger partial charge in [0.1, 0.15) is 5.82 Å². The topological polar surface area (TPSA) is 72.2 Å². The predicted molar refractivity (Wildman–Crippen MR) is 73.9 cm³/mol. The van der Waals surface area contributed by atoms with E-state index < -0.39 is 15.8 Å². The Bertz CT molecular complexity index is 659. The summed E-state index contributed by atoms with van der Waals surface area (Å²) in [6.45, 7) is 1.68. The van der Waals surface area contributed by atoms with Gasteiger partial charge in [-0.3, -0.25) is 0 Å². The minimum Gasteiger partial charge on any atom is -0.396 e. The van der Waals surface area contributed by atoms with Gasteiger partial charge in [0.15, 0.2) is 0 Å². The third-order valence-corrected chi connectivity index (χ3v) is 4.84. The van der Waals surface area contributed by atoms with E-state index in [1.54, 1.807) is 0 Å². The van der Waals surface area contributed by atoms with Gasteiger partial charge in [0.05, 0.1) is 10.6 Å². The zero-order chi connectivity index (χ0) is 14.0. The Hall–Kier alpha value is -1.44. The van der Waals surface area contributed by atoms with Gasteiger partial charge in [-0.25, -0.2) is 17.5 Å². The van der Waals surface area contributed by atoms with Gasteiger partial charge >= 0.3 is 0 Å². The van der Waals surface area contributed by atoms with Crippen LogP contribution in [0.1, 0.15) is 10.4 Å². The summed E-state index contributed by atoms with van der Waals surface area (Å²) < 4.78 is 39.9. The van der Waals surface area contributed by atoms with Crippen LogP contribution in [0.5, 0.6) is 0 Å². The predicted octanol–water partition coefficient (Wildman–Crippen LogP) is 2.26. The Morgan fingerprint density at radius 2 is 2.16 bits per heavy atom. The monoisotopic (exact) mass is 300 g/mol. The van der Waals surface area contributed by atoms with E-state index in [9.17, 15) is 12.8 Å². The highest BCUT2D eigenvalue weighted by Gasteiger charge is 2.17. The molecule has 2 aromatic rings. The van der Waals surface area contributed by atoms with Crippen LogP contribution < -0.4 is 10.5 Å². The molecule has 0 aliphatic rings. The molecule has 0 aliphatic heterocycles. The standard InChI is InChI=1S/C12H13FN2O2S2/c1-8-5-10(6-11(14)12(8)13)19(16,17)15-7-9-3-2-4-18-9/h2-6,15H,7,14H2,1H3. The molecule has 4 nitrogen and oxygen atoms in total. The summed E-state index contributed by atoms with van der Waals surface area (Å²) >= 11 is 1.46. The molecule has 0 atom stereocenters. The highest BCUT2D eigenvalue weighted by atomic mass is 32.2. The van der Waals surface area contributed by atoms with Crippen LogP contribution in [0.3, 0.4) is 0 Å². The number of hydrogen-bond acceptors (Lipinski definition) is 4. The minimum atomic E-state index is -3.69. The van der Waals surface area contributed by atoms with E-state index in [1.165, 1.54) is 24.3 Å². The Balaban J connectivity index is 2.24. The van der Waals surface area contributed by atoms with E-state index in [1.807, 2.05) is 17.5 Å². The molecule has 0 fully saturated rings. The highest BCUT2D eigenvalue weighted by molar-refractivity contribution is 7.89. The lowest BCUT2D eigenvalue weighted by molar-refractivity contribution is 0.580. The highest BCUT2D eigenvalue weighted by Crippen LogP contribution is 2.21. The molecular weight excluding hydrogens is 287 g/mol. The molecule has 7 heteroatoms. The average molecular weight is 300 g/mol. The smallest absolute Gasteiger partial charge is 0.240 e. The largest absolute Gasteiger partial charge is 0.396 e. The van der Waals surface area contributed by atoms with E-state index in [0.717, 1.165) is 10.9 Å². The summed E-state index contributed by atoms with van der Waals surface area (Å²) in [5.74, 6) is -0.586. The molecule has 0 radical (unpaired) electrons. The number of halogens is 1. The van der Waals surface area contributed by atoms with Crippen LogP contribution in [0.4, 0.5) is 10.1 Å². The molecule has 2 rings (SSSR count). The van der Waals surface area contributed by atoms with Crippen LogP contribution >= 0.6 is 11.3 Å². The van der Waals surface area contributed by atoms with Gasteiger partial charge < -0.3 is 5.73 Å². The molecule has 1 heterocycles. The van der Waals surface area contributed by atoms with Crippen molar-refractivity contribution in [3.63, 3.8) is 0 Å². The second-order valence-electron chi connectivity index (χ2n) is 4.05. The maximum atomic E-state index is 13.4. The SMILES string of the molecule is Cc1cc(S(=O)(=O)NCc2cccs2)cc(N)c1F. The van der Waals surface area contributed by atoms with Gasteiger partial charge in [0.25, 0.3) is 0 Å². The molecule has 0 bridgehead atoms. The van der Waals surface area contributed by atoms with Gasteiger partial charge in [0, 0.05) is 11.4 Å². The summed E-state index contributed by atoms with van der Waals surface area (Å²) in [6, 6.07) is 6.06. The van der Waals surface area contributed by atoms with Gasteiger partial charge in [-0.1, -0.05) is 6.07 Å². The second kappa shape index (κ2) is 5.28. The van der Waals surface area contributed by atoms with E-state index in [4.69, 9.17) is 5.73 Å². The number of nitrogens with two attached hydrogens (primary N) is 1. The molecule has 0 saturated heterocycles. The van der Waals surface area contributed by atoms with Crippen LogP contribution in [0, 0.1) is 12.7 Å². The van der Waals surface area contributed by atoms with Crippen LogP contribution in [-0.4, -0.2) is 8.42 Å². The molecular formula is C12H13FN2O2S2. The number of nitrogens with one attached hydrogen (secondary N) is 1. The average Bonchev–Trinajstić information content (AvgIpc) is 2.86. The number of thiophene rings is 1. The molecule has 3 N–H and O–H groups in total. The lowest BCUT2D eigenvalue weighted by Gasteiger charge is -2.08. The van der Waals surface area contributed by atoms with Gasteiger partial charge in [-0.2, -0.15) is 0 Å². The number of rotatable bonds is 4. The fraction of sp³-hybridized carbons (Fsp3) is 0.167. The van der Waals surface area contributed by atoms with Crippen molar-refractivity contribution < 1.29 is 12.8 Å². The van der Waals surface area contributed by atoms with E-state index in [0.29, 0.717) is 0 Å². The summed E-state index contributed by atoms with van der Waals surface area (Å²) in [5.41, 5.74) is 5.48. The van der Waals surface area contributed by atoms with Gasteiger partial charge in [0.2, 0.25) is 10.0 Å². The van der Waals surface area contributed by atoms with Crippen molar-refractivity contribution in [2.24, 2.45) is 0 Å². The van der Waals surface area contributed by atoms with Crippen LogP contribution in [-0.2, 0) is 16.6 Å². The van der Waals surface area contributed by atoms with Crippen molar-refractivity contribution in [3.8, 4) is 0 Å². The van der Waals surface area contributed by atoms with Crippen molar-refractivity contribution >= 4 is 27.0 Å². The minimum absolute atomic E-state index is 0.0274. The quantitative estimate of drug-likeness (QED) is 0.851. The summed E-state index contributed by atoms with van der Waals surface area (Å²) in [6.07, 6.45) is 0. The van der Waals surface area contributed by atoms with E-state index >= 15 is 0 Å². The molecule has 102 valence electrons. The van der Waals surface area contributed by atoms with Crippen molar-refractivity contribution in [2.45, 2.75) is 18.4 Å². The number of benzene rings is 1. The Morgan fingerprint density at radius 3 is 2.74 bits per heavy atom. The number of aryl methyl sites for hydroxylation is 1. The third kappa shape index (κ3) is 3.12. The van der Waals surface area contributed by atoms with Crippen molar-refractivity contribution in [2.75, 3.05) is 5.73 Å². The first kappa shape index (κ1) is 14.0. The second-order valence-corrected chi connectivity index (χ2v) is 6.85. The van der Waals surface area contributed by atoms with Crippen LogP contribution in [0.15, 0.2) is 34.5 Å². The number of hydrogen-bond donors (Lipinski definition) is 2. The summed E-state index contributed by atoms with van der Waals surface area (Å²) in [7, 11) is -3.69. The third-order valence-electron chi connectivity index (χ3n) is 2.58. The van der Waals surface area contributed by atoms with Crippen LogP contribution in [0.2, 0.25) is 0 Å². The molecule has 0 amide bonds. The fourth-order valence-corrected chi connectivity index (χ4v) is 3.44. The summed E-state index contributed by atoms with van der Waals surface area (Å²) in [4.78, 5) is 0.871. The molecule has 0 saturated carbocycles. The van der Waals surface area contributed by atoms with Crippen molar-refractivity contribution in [1.82, 2.24) is 4.72 Å². The van der Waals surface area contributed by atoms with Gasteiger partial charge in [-0.15, -0.1) is 11.3 Å². The Kier molecular flexibility index (Phi) is 3.88. The van der Waals surface area contributed by atoms with Crippen molar-refractivity contribution in [1.29, 1.82) is 0 Å². The number of anilines is 1. The first-order chi connectivity index (χ1) is 8.90. The molecule has 1 aromatic carbocycles. The molecule has 0 unspecified atom stereocenters. The lowest BCUT2D eigenvalue weighted by Crippen LogP contribution is -2.23. The number of nitrogen functional groups attached to an aromatic ring is 1. The lowest BCUT2D eigenvalue weighted by atomic mass is 10.2. The first-order valence-electron chi connectivity index (χ1n) is 5.48. The van der Waals surface area contributed by atoms with Gasteiger partial charge in [-0.05, 0) is 36.1 Å². The van der Waals surface area contributed by atoms with Crippen LogP contribution in [0.25, 0.3) is 0 Å². The zero-order valence-electron chi connectivity index (χ0n) is 10.2. The fourth-order valence-electron chi connectivity index (χ4n) is 1.58. The number of sulfonamides is 1. The van der Waals surface area contributed by atoms with E-state index in [-0.39, 0.29) is 22.7 Å². The maximum absolute atomic E-state index is 13.4. The first-order valence-corrected chi connectivity index (χ1v) is 7.84. The summed E-state index contributed by atoms with van der Waals surface area (Å²) in [5, 5.41) is 1.86. The van der Waals surface area contributed by atoms with E-state index in [2.05, 4.69) is 4.72 Å². The normalized spacial score (nSPS) is 11.7. The Labute approximate surface area is 115 Å². The Morgan fingerprint density at radius 1 is 1.42 bits per heavy atom. The molecule has 0 spiro atoms. The maximum Gasteiger partial charge on any atom is 0.240 e. The zero-order valence-corrected chi connectivity index (χ0v) is 11.8. The molecule has 0 aliphatic carbocycles.